The Morgan fingerprint density at radius 1 is 1.36 bits per heavy atom. The van der Waals surface area contributed by atoms with Gasteiger partial charge < -0.3 is 10.3 Å². The molecule has 2 aromatic rings. The number of hydrogen-bond acceptors (Lipinski definition) is 3. The molecule has 0 radical (unpaired) electrons. The van der Waals surface area contributed by atoms with E-state index in [9.17, 15) is 4.79 Å². The number of nitrogens with zero attached hydrogens (tertiary/aromatic N) is 3. The predicted molar refractivity (Wildman–Crippen MR) is 98.4 cm³/mol. The molecule has 0 saturated carbocycles. The highest BCUT2D eigenvalue weighted by atomic mass is 16.1. The van der Waals surface area contributed by atoms with Crippen LogP contribution in [0.1, 0.15) is 54.6 Å². The van der Waals surface area contributed by atoms with Crippen LogP contribution in [0.5, 0.6) is 0 Å². The van der Waals surface area contributed by atoms with Crippen LogP contribution in [-0.2, 0) is 17.8 Å². The summed E-state index contributed by atoms with van der Waals surface area (Å²) in [5, 5.41) is 0. The molecule has 2 N–H and O–H groups in total. The van der Waals surface area contributed by atoms with Crippen molar-refractivity contribution in [2.75, 3.05) is 0 Å². The molecule has 0 bridgehead atoms. The third kappa shape index (κ3) is 3.20. The van der Waals surface area contributed by atoms with E-state index >= 15 is 0 Å². The largest absolute Gasteiger partial charge is 0.364 e. The molecule has 0 fully saturated rings. The van der Waals surface area contributed by atoms with Crippen LogP contribution in [0.2, 0.25) is 0 Å². The molecule has 3 rings (SSSR count). The molecule has 0 spiro atoms. The molecule has 128 valence electrons. The highest BCUT2D eigenvalue weighted by Gasteiger charge is 2.30. The van der Waals surface area contributed by atoms with Crippen molar-refractivity contribution in [3.63, 3.8) is 0 Å². The number of fused-ring (bicyclic) bond motifs is 1. The summed E-state index contributed by atoms with van der Waals surface area (Å²) in [5.74, 6) is 6.90. The Morgan fingerprint density at radius 2 is 2.16 bits per heavy atom. The van der Waals surface area contributed by atoms with Gasteiger partial charge >= 0.3 is 0 Å². The molecule has 5 heteroatoms. The lowest BCUT2D eigenvalue weighted by molar-refractivity contribution is -0.112. The molecule has 1 aliphatic rings. The minimum atomic E-state index is -0.471. The molecular formula is C20H22N4O. The van der Waals surface area contributed by atoms with Gasteiger partial charge in [-0.15, -0.1) is 0 Å². The minimum Gasteiger partial charge on any atom is -0.364 e. The first kappa shape index (κ1) is 17.0. The first-order valence-electron chi connectivity index (χ1n) is 8.57. The van der Waals surface area contributed by atoms with Crippen LogP contribution in [0.15, 0.2) is 29.3 Å². The molecule has 1 atom stereocenters. The summed E-state index contributed by atoms with van der Waals surface area (Å²) >= 11 is 0. The van der Waals surface area contributed by atoms with Gasteiger partial charge in [-0.3, -0.25) is 9.79 Å². The van der Waals surface area contributed by atoms with Crippen molar-refractivity contribution in [2.24, 2.45) is 10.7 Å². The number of nitrogens with two attached hydrogens (primary N) is 1. The van der Waals surface area contributed by atoms with E-state index in [2.05, 4.69) is 34.4 Å². The van der Waals surface area contributed by atoms with E-state index in [1.807, 2.05) is 32.0 Å². The number of hydrogen-bond donors (Lipinski definition) is 1. The van der Waals surface area contributed by atoms with Crippen LogP contribution >= 0.6 is 0 Å². The van der Waals surface area contributed by atoms with Crippen molar-refractivity contribution >= 4 is 11.6 Å². The van der Waals surface area contributed by atoms with Gasteiger partial charge in [0.1, 0.15) is 17.2 Å². The van der Waals surface area contributed by atoms with Crippen LogP contribution in [0.3, 0.4) is 0 Å². The molecule has 25 heavy (non-hydrogen) atoms. The monoisotopic (exact) mass is 334 g/mol. The third-order valence-electron chi connectivity index (χ3n) is 4.39. The molecule has 2 heterocycles. The molecule has 1 aliphatic heterocycles. The van der Waals surface area contributed by atoms with E-state index in [-0.39, 0.29) is 6.04 Å². The maximum atomic E-state index is 11.8. The van der Waals surface area contributed by atoms with Crippen LogP contribution in [-0.4, -0.2) is 21.2 Å². The number of aryl methyl sites for hydroxylation is 2. The Kier molecular flexibility index (Phi) is 4.71. The lowest BCUT2D eigenvalue weighted by atomic mass is 10.1. The number of benzene rings is 1. The van der Waals surface area contributed by atoms with Crippen molar-refractivity contribution in [1.82, 2.24) is 9.55 Å². The van der Waals surface area contributed by atoms with E-state index in [4.69, 9.17) is 10.7 Å². The zero-order chi connectivity index (χ0) is 18.0. The van der Waals surface area contributed by atoms with Crippen molar-refractivity contribution < 1.29 is 4.79 Å². The molecular weight excluding hydrogens is 312 g/mol. The smallest absolute Gasteiger partial charge is 0.264 e. The molecule has 1 aromatic carbocycles. The molecule has 1 aromatic heterocycles. The fourth-order valence-corrected chi connectivity index (χ4v) is 3.21. The second-order valence-corrected chi connectivity index (χ2v) is 6.16. The number of aliphatic imine (C=N–C) groups is 1. The summed E-state index contributed by atoms with van der Waals surface area (Å²) in [7, 11) is 0. The van der Waals surface area contributed by atoms with Crippen molar-refractivity contribution in [3.05, 3.63) is 52.6 Å². The van der Waals surface area contributed by atoms with Gasteiger partial charge in [-0.2, -0.15) is 0 Å². The molecule has 0 aliphatic carbocycles. The highest BCUT2D eigenvalue weighted by molar-refractivity contribution is 6.39. The SMILES string of the molecule is CCc1nc2n(c1C#Cc1cccc(C)c1)C(CC)C(C(N)=O)=NC2. The maximum Gasteiger partial charge on any atom is 0.264 e. The zero-order valence-corrected chi connectivity index (χ0v) is 14.8. The van der Waals surface area contributed by atoms with E-state index in [0.29, 0.717) is 18.7 Å². The number of primary amides is 1. The summed E-state index contributed by atoms with van der Waals surface area (Å²) < 4.78 is 2.05. The number of carbonyl (C=O) groups excluding carboxylic acids is 1. The van der Waals surface area contributed by atoms with Gasteiger partial charge in [-0.25, -0.2) is 4.98 Å². The average Bonchev–Trinajstić information content (AvgIpc) is 2.96. The normalized spacial score (nSPS) is 15.8. The fourth-order valence-electron chi connectivity index (χ4n) is 3.21. The topological polar surface area (TPSA) is 73.3 Å². The minimum absolute atomic E-state index is 0.198. The number of amides is 1. The molecule has 1 unspecified atom stereocenters. The summed E-state index contributed by atoms with van der Waals surface area (Å²) in [6, 6.07) is 7.90. The van der Waals surface area contributed by atoms with E-state index < -0.39 is 5.91 Å². The van der Waals surface area contributed by atoms with Gasteiger partial charge in [0.05, 0.1) is 18.3 Å². The molecule has 0 saturated heterocycles. The second kappa shape index (κ2) is 6.94. The van der Waals surface area contributed by atoms with E-state index in [1.54, 1.807) is 0 Å². The first-order chi connectivity index (χ1) is 12.0. The number of imidazole rings is 1. The van der Waals surface area contributed by atoms with Gasteiger partial charge in [-0.1, -0.05) is 31.9 Å². The van der Waals surface area contributed by atoms with E-state index in [0.717, 1.165) is 29.2 Å². The van der Waals surface area contributed by atoms with Crippen molar-refractivity contribution in [3.8, 4) is 11.8 Å². The second-order valence-electron chi connectivity index (χ2n) is 6.16. The summed E-state index contributed by atoms with van der Waals surface area (Å²) in [6.45, 7) is 6.49. The van der Waals surface area contributed by atoms with Gasteiger partial charge in [0.15, 0.2) is 0 Å². The summed E-state index contributed by atoms with van der Waals surface area (Å²) in [6.07, 6.45) is 1.49. The highest BCUT2D eigenvalue weighted by Crippen LogP contribution is 2.26. The number of aromatic nitrogens is 2. The maximum absolute atomic E-state index is 11.8. The van der Waals surface area contributed by atoms with E-state index in [1.165, 1.54) is 5.56 Å². The van der Waals surface area contributed by atoms with Gasteiger partial charge in [0.2, 0.25) is 0 Å². The Balaban J connectivity index is 2.10. The predicted octanol–water partition coefficient (Wildman–Crippen LogP) is 2.54. The average molecular weight is 334 g/mol. The Hall–Kier alpha value is -2.87. The standard InChI is InChI=1S/C20H22N4O/c1-4-15-17(10-9-14-8-6-7-13(3)11-14)24-16(5-2)19(20(21)25)22-12-18(24)23-15/h6-8,11,16H,4-5,12H2,1-3H3,(H2,21,25). The first-order valence-corrected chi connectivity index (χ1v) is 8.57. The van der Waals surface area contributed by atoms with Crippen molar-refractivity contribution in [2.45, 2.75) is 46.2 Å². The number of carbonyl (C=O) groups is 1. The Labute approximate surface area is 148 Å². The van der Waals surface area contributed by atoms with Gasteiger partial charge in [-0.05, 0) is 43.4 Å². The Morgan fingerprint density at radius 3 is 2.80 bits per heavy atom. The van der Waals surface area contributed by atoms with Gasteiger partial charge in [0, 0.05) is 5.56 Å². The zero-order valence-electron chi connectivity index (χ0n) is 14.8. The van der Waals surface area contributed by atoms with Crippen LogP contribution in [0.4, 0.5) is 0 Å². The van der Waals surface area contributed by atoms with Gasteiger partial charge in [0.25, 0.3) is 5.91 Å². The summed E-state index contributed by atoms with van der Waals surface area (Å²) in [5.41, 5.74) is 9.87. The van der Waals surface area contributed by atoms with Crippen LogP contribution < -0.4 is 5.73 Å². The van der Waals surface area contributed by atoms with Crippen LogP contribution in [0, 0.1) is 18.8 Å². The lowest BCUT2D eigenvalue weighted by Crippen LogP contribution is -2.35. The summed E-state index contributed by atoms with van der Waals surface area (Å²) in [4.78, 5) is 20.8. The molecule has 5 nitrogen and oxygen atoms in total. The third-order valence-corrected chi connectivity index (χ3v) is 4.39. The Bertz CT molecular complexity index is 912. The fraction of sp³-hybridized carbons (Fsp3) is 0.350. The number of rotatable bonds is 3. The van der Waals surface area contributed by atoms with Crippen molar-refractivity contribution in [1.29, 1.82) is 0 Å². The quantitative estimate of drug-likeness (QED) is 0.876. The van der Waals surface area contributed by atoms with Crippen LogP contribution in [0.25, 0.3) is 0 Å². The lowest BCUT2D eigenvalue weighted by Gasteiger charge is -2.24. The molecule has 1 amide bonds.